The molecule has 0 aliphatic heterocycles. The molecule has 0 spiro atoms. The fourth-order valence-corrected chi connectivity index (χ4v) is 0.501. The van der Waals surface area contributed by atoms with Gasteiger partial charge in [0.05, 0.1) is 0 Å². The van der Waals surface area contributed by atoms with Crippen LogP contribution in [0.4, 0.5) is 0 Å². The Kier molecular flexibility index (Phi) is 5.21. The first-order chi connectivity index (χ1) is 4.35. The fraction of sp³-hybridized carbons (Fsp3) is 0.833. The molecule has 0 saturated heterocycles. The Balaban J connectivity index is 3.28. The van der Waals surface area contributed by atoms with E-state index in [0.717, 1.165) is 0 Å². The molecular formula is C6H12O3. The largest absolute Gasteiger partial charge is 0.438 e. The number of carbonyl (C=O) groups excluding carboxylic acids is 1. The first kappa shape index (κ1) is 8.43. The summed E-state index contributed by atoms with van der Waals surface area (Å²) in [5.41, 5.74) is 0. The van der Waals surface area contributed by atoms with E-state index in [9.17, 15) is 4.79 Å². The molecule has 0 amide bonds. The van der Waals surface area contributed by atoms with Crippen molar-refractivity contribution in [1.82, 2.24) is 0 Å². The van der Waals surface area contributed by atoms with Crippen LogP contribution in [0.2, 0.25) is 0 Å². The normalized spacial score (nSPS) is 12.7. The molecule has 0 N–H and O–H groups in total. The first-order valence-corrected chi connectivity index (χ1v) is 3.05. The molecule has 0 heterocycles. The SMILES string of the molecule is CCOC(CC)OC=O. The van der Waals surface area contributed by atoms with Gasteiger partial charge in [0.15, 0.2) is 0 Å². The smallest absolute Gasteiger partial charge is 0.295 e. The lowest BCUT2D eigenvalue weighted by Crippen LogP contribution is -2.14. The molecule has 0 aromatic rings. The van der Waals surface area contributed by atoms with E-state index in [1.165, 1.54) is 0 Å². The molecule has 1 unspecified atom stereocenters. The van der Waals surface area contributed by atoms with E-state index in [0.29, 0.717) is 19.5 Å². The summed E-state index contributed by atoms with van der Waals surface area (Å²) in [7, 11) is 0. The molecule has 0 radical (unpaired) electrons. The van der Waals surface area contributed by atoms with Crippen molar-refractivity contribution < 1.29 is 14.3 Å². The molecule has 9 heavy (non-hydrogen) atoms. The molecular weight excluding hydrogens is 120 g/mol. The Labute approximate surface area is 55.0 Å². The fourth-order valence-electron chi connectivity index (χ4n) is 0.501. The molecule has 3 nitrogen and oxygen atoms in total. The van der Waals surface area contributed by atoms with Crippen LogP contribution in [-0.2, 0) is 14.3 Å². The van der Waals surface area contributed by atoms with Crippen LogP contribution in [0.5, 0.6) is 0 Å². The maximum atomic E-state index is 9.75. The third-order valence-corrected chi connectivity index (χ3v) is 0.893. The van der Waals surface area contributed by atoms with Crippen molar-refractivity contribution in [2.24, 2.45) is 0 Å². The van der Waals surface area contributed by atoms with Crippen molar-refractivity contribution >= 4 is 6.47 Å². The molecule has 54 valence electrons. The lowest BCUT2D eigenvalue weighted by Gasteiger charge is -2.11. The number of carbonyl (C=O) groups is 1. The minimum Gasteiger partial charge on any atom is -0.438 e. The summed E-state index contributed by atoms with van der Waals surface area (Å²) in [6.45, 7) is 4.73. The van der Waals surface area contributed by atoms with Crippen LogP contribution in [0.15, 0.2) is 0 Å². The molecule has 0 aromatic heterocycles. The van der Waals surface area contributed by atoms with Crippen molar-refractivity contribution in [3.63, 3.8) is 0 Å². The molecule has 0 fully saturated rings. The molecule has 0 rings (SSSR count). The van der Waals surface area contributed by atoms with E-state index in [2.05, 4.69) is 4.74 Å². The second-order valence-corrected chi connectivity index (χ2v) is 1.53. The van der Waals surface area contributed by atoms with Crippen LogP contribution in [-0.4, -0.2) is 19.4 Å². The molecule has 0 saturated carbocycles. The van der Waals surface area contributed by atoms with Crippen molar-refractivity contribution in [3.05, 3.63) is 0 Å². The quantitative estimate of drug-likeness (QED) is 0.412. The van der Waals surface area contributed by atoms with E-state index < -0.39 is 0 Å². The van der Waals surface area contributed by atoms with Crippen LogP contribution >= 0.6 is 0 Å². The van der Waals surface area contributed by atoms with Gasteiger partial charge in [0.2, 0.25) is 6.29 Å². The van der Waals surface area contributed by atoms with Gasteiger partial charge in [0.25, 0.3) is 6.47 Å². The number of ether oxygens (including phenoxy) is 2. The summed E-state index contributed by atoms with van der Waals surface area (Å²) in [5.74, 6) is 0. The average Bonchev–Trinajstić information content (AvgIpc) is 1.88. The molecule has 0 bridgehead atoms. The lowest BCUT2D eigenvalue weighted by molar-refractivity contribution is -0.163. The zero-order valence-electron chi connectivity index (χ0n) is 5.79. The summed E-state index contributed by atoms with van der Waals surface area (Å²) >= 11 is 0. The predicted molar refractivity (Wildman–Crippen MR) is 32.9 cm³/mol. The lowest BCUT2D eigenvalue weighted by atomic mass is 10.5. The van der Waals surface area contributed by atoms with Crippen LogP contribution in [0.1, 0.15) is 20.3 Å². The molecule has 1 atom stereocenters. The monoisotopic (exact) mass is 132 g/mol. The second-order valence-electron chi connectivity index (χ2n) is 1.53. The molecule has 0 aromatic carbocycles. The number of hydrogen-bond donors (Lipinski definition) is 0. The third-order valence-electron chi connectivity index (χ3n) is 0.893. The van der Waals surface area contributed by atoms with E-state index in [4.69, 9.17) is 4.74 Å². The van der Waals surface area contributed by atoms with Gasteiger partial charge in [0, 0.05) is 13.0 Å². The standard InChI is InChI=1S/C6H12O3/c1-3-6(8-4-2)9-5-7/h5-6H,3-4H2,1-2H3. The van der Waals surface area contributed by atoms with E-state index in [1.54, 1.807) is 0 Å². The van der Waals surface area contributed by atoms with Crippen LogP contribution in [0.3, 0.4) is 0 Å². The van der Waals surface area contributed by atoms with Crippen LogP contribution in [0, 0.1) is 0 Å². The van der Waals surface area contributed by atoms with Gasteiger partial charge in [0.1, 0.15) is 0 Å². The highest BCUT2D eigenvalue weighted by atomic mass is 16.7. The van der Waals surface area contributed by atoms with Crippen LogP contribution < -0.4 is 0 Å². The van der Waals surface area contributed by atoms with Gasteiger partial charge in [-0.2, -0.15) is 0 Å². The summed E-state index contributed by atoms with van der Waals surface area (Å²) in [4.78, 5) is 9.75. The molecule has 3 heteroatoms. The van der Waals surface area contributed by atoms with Gasteiger partial charge in [-0.3, -0.25) is 4.79 Å². The third kappa shape index (κ3) is 3.97. The minimum absolute atomic E-state index is 0.354. The van der Waals surface area contributed by atoms with E-state index in [-0.39, 0.29) is 6.29 Å². The number of hydrogen-bond acceptors (Lipinski definition) is 3. The van der Waals surface area contributed by atoms with Crippen molar-refractivity contribution in [3.8, 4) is 0 Å². The Morgan fingerprint density at radius 2 is 2.22 bits per heavy atom. The zero-order valence-corrected chi connectivity index (χ0v) is 5.79. The topological polar surface area (TPSA) is 35.5 Å². The van der Waals surface area contributed by atoms with E-state index >= 15 is 0 Å². The van der Waals surface area contributed by atoms with Crippen molar-refractivity contribution in [2.45, 2.75) is 26.6 Å². The predicted octanol–water partition coefficient (Wildman–Crippen LogP) is 0.932. The van der Waals surface area contributed by atoms with Gasteiger partial charge < -0.3 is 9.47 Å². The summed E-state index contributed by atoms with van der Waals surface area (Å²) in [5, 5.41) is 0. The highest BCUT2D eigenvalue weighted by molar-refractivity contribution is 5.37. The van der Waals surface area contributed by atoms with Gasteiger partial charge in [-0.1, -0.05) is 6.92 Å². The van der Waals surface area contributed by atoms with E-state index in [1.807, 2.05) is 13.8 Å². The maximum absolute atomic E-state index is 9.75. The highest BCUT2D eigenvalue weighted by Crippen LogP contribution is 1.96. The summed E-state index contributed by atoms with van der Waals surface area (Å²) < 4.78 is 9.51. The second kappa shape index (κ2) is 5.56. The van der Waals surface area contributed by atoms with Crippen LogP contribution in [0.25, 0.3) is 0 Å². The van der Waals surface area contributed by atoms with Gasteiger partial charge >= 0.3 is 0 Å². The maximum Gasteiger partial charge on any atom is 0.295 e. The summed E-state index contributed by atoms with van der Waals surface area (Å²) in [6, 6.07) is 0. The van der Waals surface area contributed by atoms with Crippen molar-refractivity contribution in [1.29, 1.82) is 0 Å². The molecule has 0 aliphatic carbocycles. The van der Waals surface area contributed by atoms with Gasteiger partial charge in [-0.25, -0.2) is 0 Å². The summed E-state index contributed by atoms with van der Waals surface area (Å²) in [6.07, 6.45) is 0.347. The zero-order chi connectivity index (χ0) is 7.11. The Hall–Kier alpha value is -0.570. The molecule has 0 aliphatic rings. The first-order valence-electron chi connectivity index (χ1n) is 3.05. The minimum atomic E-state index is -0.354. The Morgan fingerprint density at radius 3 is 2.56 bits per heavy atom. The Morgan fingerprint density at radius 1 is 1.56 bits per heavy atom. The number of rotatable bonds is 5. The Bertz CT molecular complexity index is 72.7. The van der Waals surface area contributed by atoms with Gasteiger partial charge in [-0.15, -0.1) is 0 Å². The highest BCUT2D eigenvalue weighted by Gasteiger charge is 2.02. The average molecular weight is 132 g/mol. The van der Waals surface area contributed by atoms with Gasteiger partial charge in [-0.05, 0) is 6.92 Å². The van der Waals surface area contributed by atoms with Crippen molar-refractivity contribution in [2.75, 3.05) is 6.61 Å².